The van der Waals surface area contributed by atoms with Gasteiger partial charge in [-0.2, -0.15) is 0 Å². The molecule has 0 aromatic heterocycles. The monoisotopic (exact) mass is 1000 g/mol. The van der Waals surface area contributed by atoms with Crippen LogP contribution < -0.4 is 0 Å². The van der Waals surface area contributed by atoms with E-state index in [0.717, 1.165) is 122 Å². The van der Waals surface area contributed by atoms with Gasteiger partial charge in [0.05, 0.1) is 0 Å². The molecule has 0 bridgehead atoms. The number of hydrogen-bond acceptors (Lipinski definition) is 6. The van der Waals surface area contributed by atoms with Crippen LogP contribution in [-0.4, -0.2) is 37.2 Å². The van der Waals surface area contributed by atoms with Crippen LogP contribution in [0.15, 0.2) is 182 Å². The van der Waals surface area contributed by atoms with Crippen LogP contribution in [0.5, 0.6) is 0 Å². The Morgan fingerprint density at radius 3 is 0.890 bits per heavy atom. The zero-order chi connectivity index (χ0) is 52.9. The lowest BCUT2D eigenvalue weighted by atomic mass is 10.1. The highest BCUT2D eigenvalue weighted by atomic mass is 16.6. The van der Waals surface area contributed by atoms with Crippen molar-refractivity contribution in [2.24, 2.45) is 0 Å². The first-order chi connectivity index (χ1) is 36.0. The standard InChI is InChI=1S/C67H100O6/c1-4-7-10-13-16-18-20-22-24-26-28-29-30-31-32-33-34-35-36-37-39-40-42-44-46-48-51-54-57-60-66(69)72-63-64(62-71-65(68)59-56-53-50-15-12-9-6-3)73-67(70)61-58-55-52-49-47-45-43-41-38-27-25-23-21-19-17-14-11-8-5-2/h7-8,10-11,16-19,22-25,28-29,31-32,34-35,37-39,41-42,44-45,47-48,51-52,55,64H,4-6,9,12-15,20-21,26-27,30,33,36,40,43,46,49-50,53-54,56-63H2,1-3H3/b10-7-,11-8-,18-16-,19-17-,24-22-,25-23-,29-28-,32-31-,35-34-,39-37-,41-38-,44-42-,47-45-,51-48-,55-52-. The van der Waals surface area contributed by atoms with E-state index in [1.165, 1.54) is 25.7 Å². The summed E-state index contributed by atoms with van der Waals surface area (Å²) in [5.41, 5.74) is 0. The number of hydrogen-bond donors (Lipinski definition) is 0. The molecule has 0 saturated heterocycles. The second-order valence-corrected chi connectivity index (χ2v) is 17.7. The minimum absolute atomic E-state index is 0.135. The van der Waals surface area contributed by atoms with Crippen LogP contribution in [0.3, 0.4) is 0 Å². The number of carbonyl (C=O) groups is 3. The molecule has 0 N–H and O–H groups in total. The first kappa shape index (κ1) is 67.5. The average Bonchev–Trinajstić information content (AvgIpc) is 3.39. The molecular formula is C67H100O6. The Balaban J connectivity index is 4.44. The number of esters is 3. The maximum absolute atomic E-state index is 12.8. The van der Waals surface area contributed by atoms with E-state index in [1.807, 2.05) is 12.2 Å². The summed E-state index contributed by atoms with van der Waals surface area (Å²) >= 11 is 0. The van der Waals surface area contributed by atoms with Crippen molar-refractivity contribution in [3.05, 3.63) is 182 Å². The highest BCUT2D eigenvalue weighted by Gasteiger charge is 2.19. The summed E-state index contributed by atoms with van der Waals surface area (Å²) < 4.78 is 16.6. The summed E-state index contributed by atoms with van der Waals surface area (Å²) in [6.45, 7) is 6.22. The quantitative estimate of drug-likeness (QED) is 0.0262. The molecule has 0 aromatic carbocycles. The van der Waals surface area contributed by atoms with Gasteiger partial charge < -0.3 is 14.2 Å². The fourth-order valence-corrected chi connectivity index (χ4v) is 6.76. The van der Waals surface area contributed by atoms with E-state index in [2.05, 4.69) is 191 Å². The predicted molar refractivity (Wildman–Crippen MR) is 315 cm³/mol. The SMILES string of the molecule is CC/C=C\C/C=C\C/C=C\C/C=C\C/C=C\C/C=C\C/C=C\C/C=C\C/C=C\CCCC(=O)OCC(COC(=O)CCCCCCCCC)OC(=O)CC/C=C\C/C=C\C/C=C\C/C=C\C/C=C\C/C=C\CC. The van der Waals surface area contributed by atoms with Crippen LogP contribution in [0.1, 0.15) is 201 Å². The third-order valence-corrected chi connectivity index (χ3v) is 10.9. The molecule has 6 heteroatoms. The predicted octanol–water partition coefficient (Wildman–Crippen LogP) is 19.3. The fraction of sp³-hybridized carbons (Fsp3) is 0.507. The van der Waals surface area contributed by atoms with Gasteiger partial charge in [0.2, 0.25) is 0 Å². The minimum atomic E-state index is -0.849. The zero-order valence-corrected chi connectivity index (χ0v) is 46.1. The third kappa shape index (κ3) is 57.3. The Hall–Kier alpha value is -5.49. The molecule has 1 atom stereocenters. The Morgan fingerprint density at radius 1 is 0.288 bits per heavy atom. The molecule has 73 heavy (non-hydrogen) atoms. The smallest absolute Gasteiger partial charge is 0.306 e. The molecule has 0 rings (SSSR count). The average molecular weight is 1000 g/mol. The first-order valence-corrected chi connectivity index (χ1v) is 28.3. The Kier molecular flexibility index (Phi) is 54.6. The van der Waals surface area contributed by atoms with E-state index in [4.69, 9.17) is 14.2 Å². The maximum atomic E-state index is 12.8. The van der Waals surface area contributed by atoms with E-state index >= 15 is 0 Å². The first-order valence-electron chi connectivity index (χ1n) is 28.3. The Bertz CT molecular complexity index is 1770. The van der Waals surface area contributed by atoms with Crippen molar-refractivity contribution in [3.8, 4) is 0 Å². The van der Waals surface area contributed by atoms with Gasteiger partial charge in [-0.1, -0.05) is 242 Å². The van der Waals surface area contributed by atoms with Crippen LogP contribution in [-0.2, 0) is 28.6 Å². The Morgan fingerprint density at radius 2 is 0.562 bits per heavy atom. The molecule has 0 saturated carbocycles. The van der Waals surface area contributed by atoms with Crippen LogP contribution in [0.25, 0.3) is 0 Å². The highest BCUT2D eigenvalue weighted by Crippen LogP contribution is 2.11. The molecule has 0 fully saturated rings. The minimum Gasteiger partial charge on any atom is -0.462 e. The van der Waals surface area contributed by atoms with Gasteiger partial charge in [-0.3, -0.25) is 14.4 Å². The van der Waals surface area contributed by atoms with E-state index in [-0.39, 0.29) is 38.0 Å². The molecule has 0 aliphatic heterocycles. The summed E-state index contributed by atoms with van der Waals surface area (Å²) in [4.78, 5) is 37.9. The lowest BCUT2D eigenvalue weighted by molar-refractivity contribution is -0.166. The van der Waals surface area contributed by atoms with E-state index in [0.29, 0.717) is 19.3 Å². The molecule has 0 aliphatic carbocycles. The molecule has 6 nitrogen and oxygen atoms in total. The summed E-state index contributed by atoms with van der Waals surface area (Å²) in [5.74, 6) is -1.11. The fourth-order valence-electron chi connectivity index (χ4n) is 6.76. The molecule has 0 aromatic rings. The van der Waals surface area contributed by atoms with Crippen molar-refractivity contribution in [1.82, 2.24) is 0 Å². The van der Waals surface area contributed by atoms with Crippen molar-refractivity contribution in [1.29, 1.82) is 0 Å². The number of unbranched alkanes of at least 4 members (excludes halogenated alkanes) is 7. The molecule has 0 radical (unpaired) electrons. The Labute approximate surface area is 446 Å². The van der Waals surface area contributed by atoms with E-state index < -0.39 is 12.1 Å². The van der Waals surface area contributed by atoms with E-state index in [9.17, 15) is 14.4 Å². The molecule has 0 heterocycles. The van der Waals surface area contributed by atoms with Gasteiger partial charge in [0.1, 0.15) is 13.2 Å². The lowest BCUT2D eigenvalue weighted by Gasteiger charge is -2.18. The number of carbonyl (C=O) groups excluding carboxylic acids is 3. The van der Waals surface area contributed by atoms with Gasteiger partial charge in [0.25, 0.3) is 0 Å². The molecular weight excluding hydrogens is 901 g/mol. The van der Waals surface area contributed by atoms with Crippen molar-refractivity contribution in [2.75, 3.05) is 13.2 Å². The highest BCUT2D eigenvalue weighted by molar-refractivity contribution is 5.71. The zero-order valence-electron chi connectivity index (χ0n) is 46.1. The van der Waals surface area contributed by atoms with Gasteiger partial charge in [-0.05, 0) is 122 Å². The van der Waals surface area contributed by atoms with Crippen LogP contribution >= 0.6 is 0 Å². The maximum Gasteiger partial charge on any atom is 0.306 e. The second-order valence-electron chi connectivity index (χ2n) is 17.7. The van der Waals surface area contributed by atoms with Gasteiger partial charge in [-0.25, -0.2) is 0 Å². The number of rotatable bonds is 48. The molecule has 1 unspecified atom stereocenters. The topological polar surface area (TPSA) is 78.9 Å². The second kappa shape index (κ2) is 59.1. The van der Waals surface area contributed by atoms with Crippen molar-refractivity contribution in [2.45, 2.75) is 207 Å². The molecule has 0 amide bonds. The van der Waals surface area contributed by atoms with Crippen molar-refractivity contribution < 1.29 is 28.6 Å². The lowest BCUT2D eigenvalue weighted by Crippen LogP contribution is -2.30. The van der Waals surface area contributed by atoms with Gasteiger partial charge in [0.15, 0.2) is 6.10 Å². The number of allylic oxidation sites excluding steroid dienone is 30. The summed E-state index contributed by atoms with van der Waals surface area (Å²) in [5, 5.41) is 0. The third-order valence-electron chi connectivity index (χ3n) is 10.9. The molecule has 0 spiro atoms. The molecule has 404 valence electrons. The van der Waals surface area contributed by atoms with Crippen molar-refractivity contribution in [3.63, 3.8) is 0 Å². The summed E-state index contributed by atoms with van der Waals surface area (Å²) in [6, 6.07) is 0. The van der Waals surface area contributed by atoms with Crippen LogP contribution in [0.2, 0.25) is 0 Å². The van der Waals surface area contributed by atoms with E-state index in [1.54, 1.807) is 0 Å². The van der Waals surface area contributed by atoms with Crippen LogP contribution in [0.4, 0.5) is 0 Å². The van der Waals surface area contributed by atoms with Gasteiger partial charge in [-0.15, -0.1) is 0 Å². The summed E-state index contributed by atoms with van der Waals surface area (Å²) in [7, 11) is 0. The number of ether oxygens (including phenoxy) is 3. The van der Waals surface area contributed by atoms with Gasteiger partial charge in [0, 0.05) is 19.3 Å². The molecule has 0 aliphatic rings. The normalized spacial score (nSPS) is 13.5. The van der Waals surface area contributed by atoms with Gasteiger partial charge >= 0.3 is 17.9 Å². The summed E-state index contributed by atoms with van der Waals surface area (Å²) in [6.07, 6.45) is 89.2. The van der Waals surface area contributed by atoms with Crippen LogP contribution in [0, 0.1) is 0 Å². The largest absolute Gasteiger partial charge is 0.462 e. The van der Waals surface area contributed by atoms with Crippen molar-refractivity contribution >= 4 is 17.9 Å².